The van der Waals surface area contributed by atoms with E-state index in [1.807, 2.05) is 14.0 Å². The Kier molecular flexibility index (Phi) is 4.35. The molecule has 14 heavy (non-hydrogen) atoms. The quantitative estimate of drug-likeness (QED) is 0.713. The van der Waals surface area contributed by atoms with Crippen LogP contribution in [-0.2, 0) is 9.53 Å². The molecule has 1 heterocycles. The lowest BCUT2D eigenvalue weighted by Gasteiger charge is -2.21. The highest BCUT2D eigenvalue weighted by Crippen LogP contribution is 2.13. The van der Waals surface area contributed by atoms with Crippen molar-refractivity contribution in [2.45, 2.75) is 38.3 Å². The van der Waals surface area contributed by atoms with Crippen LogP contribution in [0.5, 0.6) is 0 Å². The SMILES string of the molecule is CC(N)CC(=O)N(C)CC1CCCO1. The van der Waals surface area contributed by atoms with Crippen molar-refractivity contribution < 1.29 is 9.53 Å². The molecule has 1 fully saturated rings. The third-order valence-electron chi connectivity index (χ3n) is 2.42. The zero-order valence-corrected chi connectivity index (χ0v) is 9.03. The van der Waals surface area contributed by atoms with Gasteiger partial charge in [0, 0.05) is 32.7 Å². The molecule has 4 nitrogen and oxygen atoms in total. The van der Waals surface area contributed by atoms with Crippen molar-refractivity contribution >= 4 is 5.91 Å². The molecule has 0 aliphatic carbocycles. The average molecular weight is 200 g/mol. The lowest BCUT2D eigenvalue weighted by atomic mass is 10.2. The van der Waals surface area contributed by atoms with Crippen molar-refractivity contribution in [3.8, 4) is 0 Å². The van der Waals surface area contributed by atoms with Crippen molar-refractivity contribution in [1.29, 1.82) is 0 Å². The predicted molar refractivity (Wildman–Crippen MR) is 54.9 cm³/mol. The number of rotatable bonds is 4. The molecule has 2 N–H and O–H groups in total. The summed E-state index contributed by atoms with van der Waals surface area (Å²) in [5, 5.41) is 0. The maximum atomic E-state index is 11.5. The first-order valence-corrected chi connectivity index (χ1v) is 5.20. The summed E-state index contributed by atoms with van der Waals surface area (Å²) in [4.78, 5) is 13.3. The minimum Gasteiger partial charge on any atom is -0.376 e. The Morgan fingerprint density at radius 1 is 1.71 bits per heavy atom. The number of ether oxygens (including phenoxy) is 1. The Labute approximate surface area is 85.4 Å². The summed E-state index contributed by atoms with van der Waals surface area (Å²) in [6.45, 7) is 3.38. The molecule has 1 saturated heterocycles. The standard InChI is InChI=1S/C10H20N2O2/c1-8(11)6-10(13)12(2)7-9-4-3-5-14-9/h8-9H,3-7,11H2,1-2H3. The van der Waals surface area contributed by atoms with Crippen LogP contribution in [0.15, 0.2) is 0 Å². The molecule has 2 atom stereocenters. The predicted octanol–water partition coefficient (Wildman–Crippen LogP) is 0.361. The second-order valence-electron chi connectivity index (χ2n) is 4.09. The van der Waals surface area contributed by atoms with Gasteiger partial charge in [-0.3, -0.25) is 4.79 Å². The Morgan fingerprint density at radius 2 is 2.43 bits per heavy atom. The number of carbonyl (C=O) groups is 1. The number of hydrogen-bond donors (Lipinski definition) is 1. The van der Waals surface area contributed by atoms with E-state index in [4.69, 9.17) is 10.5 Å². The minimum absolute atomic E-state index is 0.0607. The number of nitrogens with zero attached hydrogens (tertiary/aromatic N) is 1. The zero-order chi connectivity index (χ0) is 10.6. The van der Waals surface area contributed by atoms with Gasteiger partial charge in [0.2, 0.25) is 5.91 Å². The van der Waals surface area contributed by atoms with Crippen molar-refractivity contribution in [2.24, 2.45) is 5.73 Å². The Morgan fingerprint density at radius 3 is 2.93 bits per heavy atom. The minimum atomic E-state index is -0.0607. The molecule has 1 aliphatic heterocycles. The van der Waals surface area contributed by atoms with E-state index >= 15 is 0 Å². The molecule has 0 aromatic rings. The monoisotopic (exact) mass is 200 g/mol. The van der Waals surface area contributed by atoms with Crippen LogP contribution < -0.4 is 5.73 Å². The number of amides is 1. The summed E-state index contributed by atoms with van der Waals surface area (Å²) in [5.41, 5.74) is 5.56. The zero-order valence-electron chi connectivity index (χ0n) is 9.03. The second kappa shape index (κ2) is 5.32. The summed E-state index contributed by atoms with van der Waals surface area (Å²) in [5.74, 6) is 0.107. The summed E-state index contributed by atoms with van der Waals surface area (Å²) in [7, 11) is 1.81. The summed E-state index contributed by atoms with van der Waals surface area (Å²) >= 11 is 0. The molecule has 82 valence electrons. The normalized spacial score (nSPS) is 23.5. The smallest absolute Gasteiger partial charge is 0.223 e. The van der Waals surface area contributed by atoms with E-state index in [0.29, 0.717) is 13.0 Å². The number of hydrogen-bond acceptors (Lipinski definition) is 3. The molecule has 1 amide bonds. The van der Waals surface area contributed by atoms with Crippen LogP contribution in [-0.4, -0.2) is 43.2 Å². The highest BCUT2D eigenvalue weighted by molar-refractivity contribution is 5.76. The molecule has 0 spiro atoms. The summed E-state index contributed by atoms with van der Waals surface area (Å²) in [6.07, 6.45) is 2.83. The van der Waals surface area contributed by atoms with Crippen LogP contribution in [0.1, 0.15) is 26.2 Å². The van der Waals surface area contributed by atoms with Crippen LogP contribution in [0.25, 0.3) is 0 Å². The van der Waals surface area contributed by atoms with E-state index in [1.54, 1.807) is 4.90 Å². The second-order valence-corrected chi connectivity index (χ2v) is 4.09. The summed E-state index contributed by atoms with van der Waals surface area (Å²) in [6, 6.07) is -0.0607. The van der Waals surface area contributed by atoms with Gasteiger partial charge in [0.05, 0.1) is 6.10 Å². The van der Waals surface area contributed by atoms with Gasteiger partial charge < -0.3 is 15.4 Å². The molecule has 1 rings (SSSR count). The fourth-order valence-electron chi connectivity index (χ4n) is 1.63. The molecule has 0 bridgehead atoms. The van der Waals surface area contributed by atoms with E-state index in [-0.39, 0.29) is 18.1 Å². The molecule has 2 unspecified atom stereocenters. The molecule has 0 aromatic heterocycles. The Hall–Kier alpha value is -0.610. The van der Waals surface area contributed by atoms with E-state index in [2.05, 4.69) is 0 Å². The third kappa shape index (κ3) is 3.64. The van der Waals surface area contributed by atoms with Gasteiger partial charge in [-0.1, -0.05) is 0 Å². The maximum absolute atomic E-state index is 11.5. The first-order valence-electron chi connectivity index (χ1n) is 5.20. The number of likely N-dealkylation sites (N-methyl/N-ethyl adjacent to an activating group) is 1. The topological polar surface area (TPSA) is 55.6 Å². The first kappa shape index (κ1) is 11.5. The summed E-state index contributed by atoms with van der Waals surface area (Å²) < 4.78 is 5.45. The molecule has 1 aliphatic rings. The van der Waals surface area contributed by atoms with Crippen LogP contribution >= 0.6 is 0 Å². The molecular weight excluding hydrogens is 180 g/mol. The first-order chi connectivity index (χ1) is 6.59. The van der Waals surface area contributed by atoms with Gasteiger partial charge in [-0.25, -0.2) is 0 Å². The van der Waals surface area contributed by atoms with Gasteiger partial charge in [0.15, 0.2) is 0 Å². The largest absolute Gasteiger partial charge is 0.376 e. The van der Waals surface area contributed by atoms with Crippen LogP contribution in [0.3, 0.4) is 0 Å². The number of nitrogens with two attached hydrogens (primary N) is 1. The molecular formula is C10H20N2O2. The lowest BCUT2D eigenvalue weighted by Crippen LogP contribution is -2.36. The molecule has 4 heteroatoms. The Bertz CT molecular complexity index is 189. The third-order valence-corrected chi connectivity index (χ3v) is 2.42. The van der Waals surface area contributed by atoms with E-state index in [1.165, 1.54) is 0 Å². The van der Waals surface area contributed by atoms with Gasteiger partial charge in [0.25, 0.3) is 0 Å². The van der Waals surface area contributed by atoms with Crippen molar-refractivity contribution in [2.75, 3.05) is 20.2 Å². The van der Waals surface area contributed by atoms with Crippen molar-refractivity contribution in [3.63, 3.8) is 0 Å². The fourth-order valence-corrected chi connectivity index (χ4v) is 1.63. The number of carbonyl (C=O) groups excluding carboxylic acids is 1. The maximum Gasteiger partial charge on any atom is 0.223 e. The fraction of sp³-hybridized carbons (Fsp3) is 0.900. The molecule has 0 radical (unpaired) electrons. The highest BCUT2D eigenvalue weighted by atomic mass is 16.5. The molecule has 0 aromatic carbocycles. The van der Waals surface area contributed by atoms with Gasteiger partial charge in [0.1, 0.15) is 0 Å². The van der Waals surface area contributed by atoms with Gasteiger partial charge in [-0.2, -0.15) is 0 Å². The lowest BCUT2D eigenvalue weighted by molar-refractivity contribution is -0.131. The highest BCUT2D eigenvalue weighted by Gasteiger charge is 2.20. The van der Waals surface area contributed by atoms with Crippen molar-refractivity contribution in [1.82, 2.24) is 4.90 Å². The van der Waals surface area contributed by atoms with Crippen LogP contribution in [0, 0.1) is 0 Å². The Balaban J connectivity index is 2.25. The van der Waals surface area contributed by atoms with Crippen LogP contribution in [0.2, 0.25) is 0 Å². The molecule has 0 saturated carbocycles. The van der Waals surface area contributed by atoms with E-state index in [0.717, 1.165) is 19.4 Å². The van der Waals surface area contributed by atoms with E-state index < -0.39 is 0 Å². The van der Waals surface area contributed by atoms with Crippen LogP contribution in [0.4, 0.5) is 0 Å². The van der Waals surface area contributed by atoms with Gasteiger partial charge in [-0.15, -0.1) is 0 Å². The van der Waals surface area contributed by atoms with Gasteiger partial charge in [-0.05, 0) is 19.8 Å². The average Bonchev–Trinajstić information content (AvgIpc) is 2.55. The van der Waals surface area contributed by atoms with Gasteiger partial charge >= 0.3 is 0 Å². The van der Waals surface area contributed by atoms with Crippen molar-refractivity contribution in [3.05, 3.63) is 0 Å². The van der Waals surface area contributed by atoms with E-state index in [9.17, 15) is 4.79 Å².